The van der Waals surface area contributed by atoms with Gasteiger partial charge in [-0.25, -0.2) is 8.42 Å². The molecule has 6 nitrogen and oxygen atoms in total. The highest BCUT2D eigenvalue weighted by molar-refractivity contribution is 7.89. The van der Waals surface area contributed by atoms with Crippen LogP contribution in [-0.2, 0) is 10.0 Å². The Hall–Kier alpha value is -0.920. The fraction of sp³-hybridized carbons (Fsp3) is 0.786. The molecule has 0 radical (unpaired) electrons. The van der Waals surface area contributed by atoms with Crippen LogP contribution in [0.4, 0.5) is 0 Å². The average molecular weight is 315 g/mol. The van der Waals surface area contributed by atoms with Gasteiger partial charge in [0.25, 0.3) is 0 Å². The number of aromatic nitrogens is 1. The number of unbranched alkanes of at least 4 members (excludes halogenated alkanes) is 1. The number of nitrogens with one attached hydrogen (secondary N) is 1. The minimum atomic E-state index is -3.54. The van der Waals surface area contributed by atoms with Crippen molar-refractivity contribution in [2.45, 2.75) is 57.4 Å². The Bertz CT molecular complexity index is 543. The first-order chi connectivity index (χ1) is 9.96. The number of hydrogen-bond acceptors (Lipinski definition) is 5. The number of hydrogen-bond donors (Lipinski definition) is 1. The van der Waals surface area contributed by atoms with Crippen molar-refractivity contribution in [3.8, 4) is 0 Å². The molecule has 2 rings (SSSR count). The molecule has 2 heterocycles. The first-order valence-electron chi connectivity index (χ1n) is 7.63. The van der Waals surface area contributed by atoms with Gasteiger partial charge in [0, 0.05) is 19.1 Å². The van der Waals surface area contributed by atoms with Crippen molar-refractivity contribution in [1.29, 1.82) is 0 Å². The lowest BCUT2D eigenvalue weighted by atomic mass is 10.2. The smallest absolute Gasteiger partial charge is 0.248 e. The van der Waals surface area contributed by atoms with Crippen molar-refractivity contribution >= 4 is 10.0 Å². The van der Waals surface area contributed by atoms with E-state index in [-0.39, 0.29) is 10.9 Å². The lowest BCUT2D eigenvalue weighted by molar-refractivity contribution is 0.361. The van der Waals surface area contributed by atoms with Crippen LogP contribution in [0.1, 0.15) is 44.1 Å². The predicted molar refractivity (Wildman–Crippen MR) is 80.7 cm³/mol. The standard InChI is InChI=1S/C14H25N3O3S/c1-4-5-9-17(10-13-7-6-8-15-13)21(18,19)14-11(2)16-20-12(14)3/h13,15H,4-10H2,1-3H3. The highest BCUT2D eigenvalue weighted by Crippen LogP contribution is 2.24. The van der Waals surface area contributed by atoms with E-state index in [1.165, 1.54) is 0 Å². The van der Waals surface area contributed by atoms with Crippen molar-refractivity contribution < 1.29 is 12.9 Å². The molecular formula is C14H25N3O3S. The molecule has 21 heavy (non-hydrogen) atoms. The highest BCUT2D eigenvalue weighted by atomic mass is 32.2. The third-order valence-electron chi connectivity index (χ3n) is 3.91. The highest BCUT2D eigenvalue weighted by Gasteiger charge is 2.32. The van der Waals surface area contributed by atoms with Gasteiger partial charge in [0.05, 0.1) is 0 Å². The Morgan fingerprint density at radius 1 is 1.43 bits per heavy atom. The number of rotatable bonds is 7. The van der Waals surface area contributed by atoms with Crippen LogP contribution in [0.25, 0.3) is 0 Å². The molecule has 1 saturated heterocycles. The summed E-state index contributed by atoms with van der Waals surface area (Å²) >= 11 is 0. The summed E-state index contributed by atoms with van der Waals surface area (Å²) in [5.41, 5.74) is 0.438. The van der Waals surface area contributed by atoms with Crippen molar-refractivity contribution in [3.63, 3.8) is 0 Å². The molecule has 0 aromatic carbocycles. The molecule has 1 aromatic rings. The molecule has 1 fully saturated rings. The second-order valence-corrected chi connectivity index (χ2v) is 7.54. The third-order valence-corrected chi connectivity index (χ3v) is 6.02. The van der Waals surface area contributed by atoms with E-state index >= 15 is 0 Å². The van der Waals surface area contributed by atoms with Gasteiger partial charge in [-0.1, -0.05) is 18.5 Å². The van der Waals surface area contributed by atoms with Gasteiger partial charge in [-0.05, 0) is 39.7 Å². The van der Waals surface area contributed by atoms with Crippen LogP contribution in [0.3, 0.4) is 0 Å². The van der Waals surface area contributed by atoms with Crippen LogP contribution < -0.4 is 5.32 Å². The van der Waals surface area contributed by atoms with Gasteiger partial charge >= 0.3 is 0 Å². The van der Waals surface area contributed by atoms with Crippen molar-refractivity contribution in [2.75, 3.05) is 19.6 Å². The molecule has 0 spiro atoms. The Morgan fingerprint density at radius 2 is 2.19 bits per heavy atom. The van der Waals surface area contributed by atoms with E-state index in [9.17, 15) is 8.42 Å². The molecule has 1 aromatic heterocycles. The molecule has 7 heteroatoms. The zero-order valence-electron chi connectivity index (χ0n) is 13.1. The lowest BCUT2D eigenvalue weighted by Gasteiger charge is -2.25. The zero-order chi connectivity index (χ0) is 15.5. The maximum atomic E-state index is 12.9. The molecule has 1 unspecified atom stereocenters. The molecule has 1 N–H and O–H groups in total. The predicted octanol–water partition coefficient (Wildman–Crippen LogP) is 1.83. The fourth-order valence-corrected chi connectivity index (χ4v) is 4.59. The van der Waals surface area contributed by atoms with E-state index in [1.54, 1.807) is 18.2 Å². The van der Waals surface area contributed by atoms with Crippen LogP contribution in [0.5, 0.6) is 0 Å². The average Bonchev–Trinajstić information content (AvgIpc) is 3.04. The van der Waals surface area contributed by atoms with E-state index < -0.39 is 10.0 Å². The summed E-state index contributed by atoms with van der Waals surface area (Å²) in [4.78, 5) is 0.233. The summed E-state index contributed by atoms with van der Waals surface area (Å²) < 4.78 is 32.5. The zero-order valence-corrected chi connectivity index (χ0v) is 13.9. The molecular weight excluding hydrogens is 290 g/mol. The molecule has 0 amide bonds. The quantitative estimate of drug-likeness (QED) is 0.831. The number of sulfonamides is 1. The van der Waals surface area contributed by atoms with Gasteiger partial charge < -0.3 is 9.84 Å². The van der Waals surface area contributed by atoms with Crippen LogP contribution in [0, 0.1) is 13.8 Å². The van der Waals surface area contributed by atoms with Crippen molar-refractivity contribution in [3.05, 3.63) is 11.5 Å². The van der Waals surface area contributed by atoms with Crippen LogP contribution in [-0.4, -0.2) is 43.6 Å². The lowest BCUT2D eigenvalue weighted by Crippen LogP contribution is -2.41. The molecule has 1 atom stereocenters. The Morgan fingerprint density at radius 3 is 2.71 bits per heavy atom. The summed E-state index contributed by atoms with van der Waals surface area (Å²) in [7, 11) is -3.54. The molecule has 0 aliphatic carbocycles. The SMILES string of the molecule is CCCCN(CC1CCCN1)S(=O)(=O)c1c(C)noc1C. The van der Waals surface area contributed by atoms with E-state index in [0.717, 1.165) is 32.2 Å². The minimum absolute atomic E-state index is 0.233. The molecule has 1 aliphatic rings. The van der Waals surface area contributed by atoms with Crippen LogP contribution >= 0.6 is 0 Å². The third kappa shape index (κ3) is 3.64. The van der Waals surface area contributed by atoms with Crippen molar-refractivity contribution in [1.82, 2.24) is 14.8 Å². The van der Waals surface area contributed by atoms with Gasteiger partial charge in [-0.3, -0.25) is 0 Å². The minimum Gasteiger partial charge on any atom is -0.360 e. The summed E-state index contributed by atoms with van der Waals surface area (Å²) in [5.74, 6) is 0.369. The normalized spacial score (nSPS) is 19.5. The summed E-state index contributed by atoms with van der Waals surface area (Å²) in [6.07, 6.45) is 3.96. The summed E-state index contributed by atoms with van der Waals surface area (Å²) in [5, 5.41) is 7.15. The van der Waals surface area contributed by atoms with Gasteiger partial charge in [0.1, 0.15) is 10.6 Å². The Kier molecular flexibility index (Phi) is 5.40. The van der Waals surface area contributed by atoms with Crippen LogP contribution in [0.2, 0.25) is 0 Å². The van der Waals surface area contributed by atoms with Gasteiger partial charge in [0.2, 0.25) is 10.0 Å². The molecule has 1 aliphatic heterocycles. The van der Waals surface area contributed by atoms with Gasteiger partial charge in [-0.2, -0.15) is 4.31 Å². The summed E-state index contributed by atoms with van der Waals surface area (Å²) in [6.45, 7) is 7.42. The second-order valence-electron chi connectivity index (χ2n) is 5.66. The van der Waals surface area contributed by atoms with Gasteiger partial charge in [-0.15, -0.1) is 0 Å². The van der Waals surface area contributed by atoms with E-state index in [4.69, 9.17) is 4.52 Å². The van der Waals surface area contributed by atoms with E-state index in [1.807, 2.05) is 0 Å². The molecule has 120 valence electrons. The van der Waals surface area contributed by atoms with E-state index in [2.05, 4.69) is 17.4 Å². The molecule has 0 bridgehead atoms. The largest absolute Gasteiger partial charge is 0.360 e. The number of nitrogens with zero attached hydrogens (tertiary/aromatic N) is 2. The summed E-state index contributed by atoms with van der Waals surface area (Å²) in [6, 6.07) is 0.247. The second kappa shape index (κ2) is 6.89. The number of aryl methyl sites for hydroxylation is 2. The Balaban J connectivity index is 2.25. The van der Waals surface area contributed by atoms with E-state index in [0.29, 0.717) is 24.5 Å². The van der Waals surface area contributed by atoms with Gasteiger partial charge in [0.15, 0.2) is 5.76 Å². The van der Waals surface area contributed by atoms with Crippen LogP contribution in [0.15, 0.2) is 9.42 Å². The Labute approximate surface area is 126 Å². The maximum absolute atomic E-state index is 12.9. The van der Waals surface area contributed by atoms with Crippen molar-refractivity contribution in [2.24, 2.45) is 0 Å². The first kappa shape index (κ1) is 16.5. The monoisotopic (exact) mass is 315 g/mol. The molecule has 0 saturated carbocycles. The maximum Gasteiger partial charge on any atom is 0.248 e. The fourth-order valence-electron chi connectivity index (χ4n) is 2.77. The topological polar surface area (TPSA) is 75.4 Å². The first-order valence-corrected chi connectivity index (χ1v) is 9.07.